The number of halogens is 1. The number of hydrogen-bond acceptors (Lipinski definition) is 4. The number of carbonyl (C=O) groups is 1. The minimum absolute atomic E-state index is 0.213. The summed E-state index contributed by atoms with van der Waals surface area (Å²) in [5, 5.41) is 17.3. The molecule has 1 saturated heterocycles. The summed E-state index contributed by atoms with van der Waals surface area (Å²) in [4.78, 5) is 18.0. The third-order valence-corrected chi connectivity index (χ3v) is 4.28. The average Bonchev–Trinajstić information content (AvgIpc) is 2.98. The highest BCUT2D eigenvalue weighted by molar-refractivity contribution is 6.32. The lowest BCUT2D eigenvalue weighted by atomic mass is 9.96. The fraction of sp³-hybridized carbons (Fsp3) is 0.400. The molecule has 0 bridgehead atoms. The van der Waals surface area contributed by atoms with E-state index in [-0.39, 0.29) is 11.9 Å². The molecule has 122 valence electrons. The van der Waals surface area contributed by atoms with E-state index < -0.39 is 6.10 Å². The number of nitrogens with one attached hydrogen (secondary N) is 1. The quantitative estimate of drug-likeness (QED) is 0.881. The van der Waals surface area contributed by atoms with Gasteiger partial charge in [0.05, 0.1) is 11.1 Å². The predicted molar refractivity (Wildman–Crippen MR) is 86.7 cm³/mol. The van der Waals surface area contributed by atoms with Crippen LogP contribution in [0, 0.1) is 5.92 Å². The Bertz CT molecular complexity index is 705. The highest BCUT2D eigenvalue weighted by Crippen LogP contribution is 2.19. The summed E-state index contributed by atoms with van der Waals surface area (Å²) < 4.78 is 1.51. The summed E-state index contributed by atoms with van der Waals surface area (Å²) in [6.07, 6.45) is 3.60. The molecule has 1 aliphatic heterocycles. The van der Waals surface area contributed by atoms with Crippen LogP contribution in [0.3, 0.4) is 0 Å². The number of hydrogen-bond donors (Lipinski definition) is 2. The van der Waals surface area contributed by atoms with Crippen molar-refractivity contribution in [1.82, 2.24) is 19.7 Å². The molecule has 2 aromatic rings. The van der Waals surface area contributed by atoms with Crippen LogP contribution in [0.2, 0.25) is 5.02 Å². The van der Waals surface area contributed by atoms with Gasteiger partial charge in [0.2, 0.25) is 0 Å². The second kappa shape index (κ2) is 6.55. The molecule has 0 aromatic carbocycles. The minimum atomic E-state index is -0.487. The SMILES string of the molecule is CC1CCN(C(=O)Nc2ccn(-c3ncccc3Cl)n2)CC1O. The van der Waals surface area contributed by atoms with Gasteiger partial charge in [0, 0.05) is 31.5 Å². The summed E-state index contributed by atoms with van der Waals surface area (Å²) in [5.41, 5.74) is 0. The first-order chi connectivity index (χ1) is 11.0. The Balaban J connectivity index is 1.67. The van der Waals surface area contributed by atoms with Crippen LogP contribution in [0.15, 0.2) is 30.6 Å². The number of aliphatic hydroxyl groups excluding tert-OH is 1. The Kier molecular flexibility index (Phi) is 4.49. The standard InChI is InChI=1S/C15H18ClN5O2/c1-10-4-7-20(9-12(10)22)15(23)18-13-5-8-21(19-13)14-11(16)3-2-6-17-14/h2-3,5-6,8,10,12,22H,4,7,9H2,1H3,(H,18,19,23). The van der Waals surface area contributed by atoms with E-state index in [2.05, 4.69) is 15.4 Å². The number of rotatable bonds is 2. The normalized spacial score (nSPS) is 21.3. The number of nitrogens with zero attached hydrogens (tertiary/aromatic N) is 4. The second-order valence-electron chi connectivity index (χ2n) is 5.66. The van der Waals surface area contributed by atoms with Gasteiger partial charge in [-0.3, -0.25) is 5.32 Å². The lowest BCUT2D eigenvalue weighted by Crippen LogP contribution is -2.47. The molecule has 7 nitrogen and oxygen atoms in total. The highest BCUT2D eigenvalue weighted by Gasteiger charge is 2.27. The number of aliphatic hydroxyl groups is 1. The van der Waals surface area contributed by atoms with Gasteiger partial charge in [-0.1, -0.05) is 18.5 Å². The highest BCUT2D eigenvalue weighted by atomic mass is 35.5. The maximum atomic E-state index is 12.2. The average molecular weight is 336 g/mol. The first-order valence-electron chi connectivity index (χ1n) is 7.45. The number of carbonyl (C=O) groups excluding carboxylic acids is 1. The monoisotopic (exact) mass is 335 g/mol. The van der Waals surface area contributed by atoms with Crippen molar-refractivity contribution in [2.24, 2.45) is 5.92 Å². The molecule has 2 amide bonds. The van der Waals surface area contributed by atoms with Crippen LogP contribution in [0.25, 0.3) is 5.82 Å². The summed E-state index contributed by atoms with van der Waals surface area (Å²) in [6, 6.07) is 4.86. The smallest absolute Gasteiger partial charge is 0.323 e. The van der Waals surface area contributed by atoms with E-state index in [1.165, 1.54) is 4.68 Å². The topological polar surface area (TPSA) is 83.3 Å². The van der Waals surface area contributed by atoms with E-state index in [4.69, 9.17) is 11.6 Å². The lowest BCUT2D eigenvalue weighted by molar-refractivity contribution is 0.0463. The van der Waals surface area contributed by atoms with Gasteiger partial charge in [-0.15, -0.1) is 5.10 Å². The van der Waals surface area contributed by atoms with Gasteiger partial charge in [0.25, 0.3) is 0 Å². The number of aromatic nitrogens is 3. The number of amides is 2. The first-order valence-corrected chi connectivity index (χ1v) is 7.83. The minimum Gasteiger partial charge on any atom is -0.391 e. The van der Waals surface area contributed by atoms with Crippen LogP contribution in [0.1, 0.15) is 13.3 Å². The van der Waals surface area contributed by atoms with E-state index in [0.717, 1.165) is 6.42 Å². The Morgan fingerprint density at radius 1 is 1.48 bits per heavy atom. The van der Waals surface area contributed by atoms with Gasteiger partial charge >= 0.3 is 6.03 Å². The number of pyridine rings is 1. The van der Waals surface area contributed by atoms with Gasteiger partial charge in [0.1, 0.15) is 0 Å². The molecule has 2 N–H and O–H groups in total. The van der Waals surface area contributed by atoms with E-state index in [0.29, 0.717) is 29.7 Å². The zero-order valence-electron chi connectivity index (χ0n) is 12.7. The molecule has 2 atom stereocenters. The fourth-order valence-corrected chi connectivity index (χ4v) is 2.68. The van der Waals surface area contributed by atoms with Crippen molar-refractivity contribution >= 4 is 23.4 Å². The molecule has 8 heteroatoms. The summed E-state index contributed by atoms with van der Waals surface area (Å²) in [5.74, 6) is 1.12. The van der Waals surface area contributed by atoms with Crippen molar-refractivity contribution in [1.29, 1.82) is 0 Å². The van der Waals surface area contributed by atoms with Crippen molar-refractivity contribution in [2.45, 2.75) is 19.4 Å². The second-order valence-corrected chi connectivity index (χ2v) is 6.07. The fourth-order valence-electron chi connectivity index (χ4n) is 2.48. The van der Waals surface area contributed by atoms with Gasteiger partial charge in [0.15, 0.2) is 11.6 Å². The Morgan fingerprint density at radius 2 is 2.30 bits per heavy atom. The van der Waals surface area contributed by atoms with E-state index >= 15 is 0 Å². The molecule has 3 rings (SSSR count). The van der Waals surface area contributed by atoms with E-state index in [1.54, 1.807) is 35.5 Å². The van der Waals surface area contributed by atoms with Crippen molar-refractivity contribution in [3.8, 4) is 5.82 Å². The third kappa shape index (κ3) is 3.46. The molecule has 2 aromatic heterocycles. The summed E-state index contributed by atoms with van der Waals surface area (Å²) in [6.45, 7) is 2.94. The van der Waals surface area contributed by atoms with E-state index in [9.17, 15) is 9.90 Å². The lowest BCUT2D eigenvalue weighted by Gasteiger charge is -2.33. The van der Waals surface area contributed by atoms with Crippen LogP contribution in [-0.2, 0) is 0 Å². The summed E-state index contributed by atoms with van der Waals surface area (Å²) in [7, 11) is 0. The number of anilines is 1. The number of β-amino-alcohol motifs (C(OH)–C–C–N with tert-alkyl or cyclic N) is 1. The summed E-state index contributed by atoms with van der Waals surface area (Å²) >= 11 is 6.08. The van der Waals surface area contributed by atoms with Gasteiger partial charge in [-0.2, -0.15) is 0 Å². The Labute approximate surface area is 138 Å². The molecular formula is C15H18ClN5O2. The zero-order valence-corrected chi connectivity index (χ0v) is 13.4. The van der Waals surface area contributed by atoms with Crippen molar-refractivity contribution in [3.63, 3.8) is 0 Å². The maximum Gasteiger partial charge on any atom is 0.323 e. The van der Waals surface area contributed by atoms with Crippen LogP contribution < -0.4 is 5.32 Å². The number of piperidine rings is 1. The molecule has 1 aliphatic rings. The molecule has 0 spiro atoms. The number of urea groups is 1. The molecule has 2 unspecified atom stereocenters. The largest absolute Gasteiger partial charge is 0.391 e. The Morgan fingerprint density at radius 3 is 3.04 bits per heavy atom. The van der Waals surface area contributed by atoms with Gasteiger partial charge in [-0.25, -0.2) is 14.5 Å². The van der Waals surface area contributed by atoms with Crippen LogP contribution in [-0.4, -0.2) is 50.0 Å². The molecule has 23 heavy (non-hydrogen) atoms. The molecule has 0 aliphatic carbocycles. The third-order valence-electron chi connectivity index (χ3n) is 3.99. The van der Waals surface area contributed by atoms with Crippen LogP contribution in [0.5, 0.6) is 0 Å². The van der Waals surface area contributed by atoms with Crippen LogP contribution in [0.4, 0.5) is 10.6 Å². The molecule has 1 fully saturated rings. The predicted octanol–water partition coefficient (Wildman–Crippen LogP) is 2.16. The molecular weight excluding hydrogens is 318 g/mol. The van der Waals surface area contributed by atoms with Crippen molar-refractivity contribution in [3.05, 3.63) is 35.6 Å². The molecule has 3 heterocycles. The van der Waals surface area contributed by atoms with Crippen molar-refractivity contribution in [2.75, 3.05) is 18.4 Å². The van der Waals surface area contributed by atoms with Gasteiger partial charge in [-0.05, 0) is 24.5 Å². The Hall–Kier alpha value is -2.12. The van der Waals surface area contributed by atoms with Crippen LogP contribution >= 0.6 is 11.6 Å². The molecule has 0 radical (unpaired) electrons. The number of likely N-dealkylation sites (tertiary alicyclic amines) is 1. The first kappa shape index (κ1) is 15.8. The molecule has 0 saturated carbocycles. The van der Waals surface area contributed by atoms with E-state index in [1.807, 2.05) is 6.92 Å². The zero-order chi connectivity index (χ0) is 16.4. The maximum absolute atomic E-state index is 12.2. The van der Waals surface area contributed by atoms with Gasteiger partial charge < -0.3 is 10.0 Å². The van der Waals surface area contributed by atoms with Crippen molar-refractivity contribution < 1.29 is 9.90 Å².